The summed E-state index contributed by atoms with van der Waals surface area (Å²) in [6.07, 6.45) is 1.93. The van der Waals surface area contributed by atoms with Crippen LogP contribution in [0.5, 0.6) is 5.75 Å². The van der Waals surface area contributed by atoms with Gasteiger partial charge in [-0.1, -0.05) is 18.2 Å². The molecule has 0 atom stereocenters. The molecular weight excluding hydrogens is 390 g/mol. The van der Waals surface area contributed by atoms with Crippen LogP contribution in [0.2, 0.25) is 0 Å². The number of fused-ring (bicyclic) bond motifs is 1. The number of nitro benzene ring substituents is 1. The Morgan fingerprint density at radius 2 is 2.00 bits per heavy atom. The Morgan fingerprint density at radius 1 is 1.23 bits per heavy atom. The normalized spacial score (nSPS) is 10.4. The largest absolute Gasteiger partial charge is 0.478 e. The van der Waals surface area contributed by atoms with Gasteiger partial charge in [-0.15, -0.1) is 0 Å². The number of carbonyl (C=O) groups excluding carboxylic acids is 2. The van der Waals surface area contributed by atoms with Gasteiger partial charge >= 0.3 is 11.7 Å². The van der Waals surface area contributed by atoms with Gasteiger partial charge in [0.05, 0.1) is 30.1 Å². The molecule has 0 spiro atoms. The Hall–Kier alpha value is -4.19. The van der Waals surface area contributed by atoms with Crippen LogP contribution >= 0.6 is 0 Å². The average Bonchev–Trinajstić information content (AvgIpc) is 3.14. The second-order valence-corrected chi connectivity index (χ2v) is 6.30. The lowest BCUT2D eigenvalue weighted by Crippen LogP contribution is -2.13. The van der Waals surface area contributed by atoms with Gasteiger partial charge in [0.25, 0.3) is 0 Å². The van der Waals surface area contributed by atoms with Gasteiger partial charge in [-0.25, -0.2) is 4.79 Å². The SMILES string of the molecule is COC(=O)c1ccc([N+](=O)[O-])c(OCC(=O)c2cn(CCC#N)c3ccccc23)c1. The Labute approximate surface area is 171 Å². The molecule has 2 aromatic carbocycles. The molecule has 1 aromatic heterocycles. The average molecular weight is 407 g/mol. The van der Waals surface area contributed by atoms with Crippen molar-refractivity contribution in [2.45, 2.75) is 13.0 Å². The predicted octanol–water partition coefficient (Wildman–Crippen LogP) is 3.51. The molecule has 0 saturated heterocycles. The number of hydrogen-bond acceptors (Lipinski definition) is 7. The van der Waals surface area contributed by atoms with Crippen molar-refractivity contribution in [3.8, 4) is 11.8 Å². The number of esters is 1. The summed E-state index contributed by atoms with van der Waals surface area (Å²) in [6, 6.07) is 12.9. The van der Waals surface area contributed by atoms with Gasteiger partial charge in [0.1, 0.15) is 0 Å². The molecule has 1 heterocycles. The summed E-state index contributed by atoms with van der Waals surface area (Å²) in [5.41, 5.74) is 0.885. The van der Waals surface area contributed by atoms with Crippen LogP contribution in [-0.2, 0) is 11.3 Å². The first kappa shape index (κ1) is 20.5. The van der Waals surface area contributed by atoms with Crippen LogP contribution in [0, 0.1) is 21.4 Å². The molecule has 0 fully saturated rings. The maximum absolute atomic E-state index is 12.8. The van der Waals surface area contributed by atoms with Crippen LogP contribution in [0.1, 0.15) is 27.1 Å². The molecule has 0 amide bonds. The van der Waals surface area contributed by atoms with Gasteiger partial charge in [-0.05, 0) is 12.1 Å². The van der Waals surface area contributed by atoms with E-state index >= 15 is 0 Å². The number of ether oxygens (including phenoxy) is 2. The molecule has 152 valence electrons. The molecule has 30 heavy (non-hydrogen) atoms. The highest BCUT2D eigenvalue weighted by atomic mass is 16.6. The number of methoxy groups -OCH3 is 1. The molecular formula is C21H17N3O6. The molecule has 0 unspecified atom stereocenters. The maximum atomic E-state index is 12.8. The van der Waals surface area contributed by atoms with E-state index in [1.807, 2.05) is 16.7 Å². The standard InChI is InChI=1S/C21H17N3O6/c1-29-21(26)14-7-8-18(24(27)28)20(11-14)30-13-19(25)16-12-23(10-4-9-22)17-6-3-2-5-15(16)17/h2-3,5-8,11-12H,4,10,13H2,1H3. The Balaban J connectivity index is 1.88. The highest BCUT2D eigenvalue weighted by molar-refractivity contribution is 6.08. The van der Waals surface area contributed by atoms with E-state index in [9.17, 15) is 19.7 Å². The van der Waals surface area contributed by atoms with Crippen molar-refractivity contribution in [3.63, 3.8) is 0 Å². The Morgan fingerprint density at radius 3 is 2.70 bits per heavy atom. The van der Waals surface area contributed by atoms with Crippen LogP contribution in [0.25, 0.3) is 10.9 Å². The number of ketones is 1. The van der Waals surface area contributed by atoms with E-state index in [4.69, 9.17) is 10.00 Å². The minimum atomic E-state index is -0.679. The third-order valence-electron chi connectivity index (χ3n) is 4.49. The van der Waals surface area contributed by atoms with Crippen molar-refractivity contribution >= 4 is 28.3 Å². The fourth-order valence-electron chi connectivity index (χ4n) is 3.07. The highest BCUT2D eigenvalue weighted by Crippen LogP contribution is 2.29. The molecule has 0 aliphatic rings. The van der Waals surface area contributed by atoms with Crippen LogP contribution in [0.4, 0.5) is 5.69 Å². The number of para-hydroxylation sites is 1. The first-order valence-electron chi connectivity index (χ1n) is 8.93. The van der Waals surface area contributed by atoms with E-state index in [0.717, 1.165) is 11.6 Å². The molecule has 0 aliphatic heterocycles. The summed E-state index contributed by atoms with van der Waals surface area (Å²) in [7, 11) is 1.19. The molecule has 9 nitrogen and oxygen atoms in total. The number of benzene rings is 2. The summed E-state index contributed by atoms with van der Waals surface area (Å²) in [5.74, 6) is -1.27. The van der Waals surface area contributed by atoms with E-state index in [1.54, 1.807) is 18.3 Å². The smallest absolute Gasteiger partial charge is 0.337 e. The molecule has 3 aromatic rings. The number of aryl methyl sites for hydroxylation is 1. The van der Waals surface area contributed by atoms with Gasteiger partial charge in [0.2, 0.25) is 5.78 Å². The number of carbonyl (C=O) groups is 2. The monoisotopic (exact) mass is 407 g/mol. The lowest BCUT2D eigenvalue weighted by atomic mass is 10.1. The number of nitro groups is 1. The van der Waals surface area contributed by atoms with Crippen LogP contribution < -0.4 is 4.74 Å². The van der Waals surface area contributed by atoms with Gasteiger partial charge in [0.15, 0.2) is 12.4 Å². The number of rotatable bonds is 8. The molecule has 0 saturated carbocycles. The molecule has 0 bridgehead atoms. The highest BCUT2D eigenvalue weighted by Gasteiger charge is 2.21. The van der Waals surface area contributed by atoms with Crippen molar-refractivity contribution in [3.05, 3.63) is 69.9 Å². The van der Waals surface area contributed by atoms with E-state index < -0.39 is 17.5 Å². The second-order valence-electron chi connectivity index (χ2n) is 6.30. The van der Waals surface area contributed by atoms with Crippen LogP contribution in [0.15, 0.2) is 48.7 Å². The first-order chi connectivity index (χ1) is 14.5. The fraction of sp³-hybridized carbons (Fsp3) is 0.190. The minimum Gasteiger partial charge on any atom is -0.478 e. The summed E-state index contributed by atoms with van der Waals surface area (Å²) in [5, 5.41) is 20.8. The quantitative estimate of drug-likeness (QED) is 0.242. The number of hydrogen-bond donors (Lipinski definition) is 0. The zero-order chi connectivity index (χ0) is 21.7. The van der Waals surface area contributed by atoms with Gasteiger partial charge in [-0.2, -0.15) is 5.26 Å². The van der Waals surface area contributed by atoms with Gasteiger partial charge in [0, 0.05) is 41.3 Å². The van der Waals surface area contributed by atoms with Crippen LogP contribution in [-0.4, -0.2) is 35.0 Å². The van der Waals surface area contributed by atoms with Crippen molar-refractivity contribution in [1.29, 1.82) is 5.26 Å². The molecule has 9 heteroatoms. The van der Waals surface area contributed by atoms with Crippen molar-refractivity contribution in [2.24, 2.45) is 0 Å². The van der Waals surface area contributed by atoms with E-state index in [1.165, 1.54) is 19.2 Å². The lowest BCUT2D eigenvalue weighted by molar-refractivity contribution is -0.385. The zero-order valence-electron chi connectivity index (χ0n) is 16.0. The third kappa shape index (κ3) is 4.12. The maximum Gasteiger partial charge on any atom is 0.337 e. The summed E-state index contributed by atoms with van der Waals surface area (Å²) < 4.78 is 11.9. The molecule has 0 radical (unpaired) electrons. The third-order valence-corrected chi connectivity index (χ3v) is 4.49. The fourth-order valence-corrected chi connectivity index (χ4v) is 3.07. The predicted molar refractivity (Wildman–Crippen MR) is 106 cm³/mol. The van der Waals surface area contributed by atoms with Crippen LogP contribution in [0.3, 0.4) is 0 Å². The first-order valence-corrected chi connectivity index (χ1v) is 8.93. The van der Waals surface area contributed by atoms with Gasteiger partial charge in [-0.3, -0.25) is 14.9 Å². The van der Waals surface area contributed by atoms with Crippen molar-refractivity contribution in [2.75, 3.05) is 13.7 Å². The Bertz CT molecular complexity index is 1180. The van der Waals surface area contributed by atoms with Gasteiger partial charge < -0.3 is 14.0 Å². The number of nitrogens with zero attached hydrogens (tertiary/aromatic N) is 3. The lowest BCUT2D eigenvalue weighted by Gasteiger charge is -2.07. The van der Waals surface area contributed by atoms with E-state index in [2.05, 4.69) is 10.8 Å². The summed E-state index contributed by atoms with van der Waals surface area (Å²) in [6.45, 7) is -0.0322. The summed E-state index contributed by atoms with van der Waals surface area (Å²) in [4.78, 5) is 35.1. The van der Waals surface area contributed by atoms with E-state index in [-0.39, 0.29) is 29.2 Å². The molecule has 0 aliphatic carbocycles. The van der Waals surface area contributed by atoms with Crippen molar-refractivity contribution < 1.29 is 24.0 Å². The van der Waals surface area contributed by atoms with Crippen molar-refractivity contribution in [1.82, 2.24) is 4.57 Å². The number of aromatic nitrogens is 1. The minimum absolute atomic E-state index is 0.0682. The number of Topliss-reactive ketones (excluding diaryl/α,β-unsaturated/α-hetero) is 1. The molecule has 0 N–H and O–H groups in total. The Kier molecular flexibility index (Phi) is 6.08. The molecule has 3 rings (SSSR count). The second kappa shape index (κ2) is 8.87. The number of nitriles is 1. The zero-order valence-corrected chi connectivity index (χ0v) is 16.0. The summed E-state index contributed by atoms with van der Waals surface area (Å²) >= 11 is 0. The topological polar surface area (TPSA) is 124 Å². The van der Waals surface area contributed by atoms with E-state index in [0.29, 0.717) is 17.5 Å².